The number of methoxy groups -OCH3 is 2. The molecular formula is C27H31N3O5. The predicted molar refractivity (Wildman–Crippen MR) is 131 cm³/mol. The number of hydrogen-bond acceptors (Lipinski definition) is 6. The Kier molecular flexibility index (Phi) is 6.15. The molecule has 3 aromatic rings. The van der Waals surface area contributed by atoms with Gasteiger partial charge >= 0.3 is 0 Å². The normalized spacial score (nSPS) is 16.7. The summed E-state index contributed by atoms with van der Waals surface area (Å²) in [6.45, 7) is 3.49. The van der Waals surface area contributed by atoms with Crippen LogP contribution in [0.3, 0.4) is 0 Å². The Balaban J connectivity index is 1.32. The summed E-state index contributed by atoms with van der Waals surface area (Å²) in [6.07, 6.45) is 3.26. The van der Waals surface area contributed by atoms with Crippen molar-refractivity contribution in [3.05, 3.63) is 59.8 Å². The van der Waals surface area contributed by atoms with Gasteiger partial charge in [-0.2, -0.15) is 5.10 Å². The first kappa shape index (κ1) is 23.2. The summed E-state index contributed by atoms with van der Waals surface area (Å²) < 4.78 is 25.0. The zero-order valence-electron chi connectivity index (χ0n) is 20.6. The number of aryl methyl sites for hydroxylation is 1. The van der Waals surface area contributed by atoms with Gasteiger partial charge in [-0.25, -0.2) is 0 Å². The Morgan fingerprint density at radius 2 is 1.91 bits per heavy atom. The third-order valence-corrected chi connectivity index (χ3v) is 7.02. The first-order valence-corrected chi connectivity index (χ1v) is 11.9. The maximum Gasteiger partial charge on any atom is 0.253 e. The van der Waals surface area contributed by atoms with Crippen LogP contribution in [0.4, 0.5) is 0 Å². The summed E-state index contributed by atoms with van der Waals surface area (Å²) in [5.74, 6) is 1.95. The molecule has 0 radical (unpaired) electrons. The highest BCUT2D eigenvalue weighted by atomic mass is 16.5. The Labute approximate surface area is 205 Å². The fraction of sp³-hybridized carbons (Fsp3) is 0.407. The molecule has 0 saturated carbocycles. The fourth-order valence-electron chi connectivity index (χ4n) is 4.93. The first-order valence-electron chi connectivity index (χ1n) is 11.9. The predicted octanol–water partition coefficient (Wildman–Crippen LogP) is 4.03. The van der Waals surface area contributed by atoms with Crippen molar-refractivity contribution in [3.63, 3.8) is 0 Å². The largest absolute Gasteiger partial charge is 0.493 e. The molecule has 35 heavy (non-hydrogen) atoms. The van der Waals surface area contributed by atoms with Gasteiger partial charge in [0.05, 0.1) is 25.1 Å². The molecule has 0 aliphatic carbocycles. The second kappa shape index (κ2) is 9.26. The lowest BCUT2D eigenvalue weighted by Gasteiger charge is -2.44. The van der Waals surface area contributed by atoms with Gasteiger partial charge in [0.1, 0.15) is 18.0 Å². The van der Waals surface area contributed by atoms with E-state index in [2.05, 4.69) is 11.2 Å². The van der Waals surface area contributed by atoms with E-state index in [9.17, 15) is 4.79 Å². The van der Waals surface area contributed by atoms with E-state index in [0.29, 0.717) is 49.6 Å². The molecule has 0 unspecified atom stereocenters. The number of carbonyl (C=O) groups is 1. The van der Waals surface area contributed by atoms with Crippen LogP contribution < -0.4 is 14.2 Å². The molecule has 1 spiro atoms. The number of likely N-dealkylation sites (tertiary alicyclic amines) is 1. The van der Waals surface area contributed by atoms with E-state index in [4.69, 9.17) is 18.9 Å². The van der Waals surface area contributed by atoms with Crippen molar-refractivity contribution in [2.45, 2.75) is 31.5 Å². The Hall–Kier alpha value is -3.52. The van der Waals surface area contributed by atoms with Gasteiger partial charge in [-0.05, 0) is 37.3 Å². The number of hydrogen-bond donors (Lipinski definition) is 0. The summed E-state index contributed by atoms with van der Waals surface area (Å²) in [5, 5.41) is 4.53. The Bertz CT molecular complexity index is 1230. The number of aromatic nitrogens is 2. The van der Waals surface area contributed by atoms with Crippen LogP contribution in [0.1, 0.15) is 35.7 Å². The summed E-state index contributed by atoms with van der Waals surface area (Å²) in [5.41, 5.74) is 3.33. The minimum absolute atomic E-state index is 0.0300. The van der Waals surface area contributed by atoms with E-state index in [1.54, 1.807) is 32.4 Å². The number of para-hydroxylation sites is 1. The molecule has 2 aromatic carbocycles. The van der Waals surface area contributed by atoms with Crippen molar-refractivity contribution in [1.82, 2.24) is 14.7 Å². The van der Waals surface area contributed by atoms with Crippen LogP contribution in [0.5, 0.6) is 17.2 Å². The van der Waals surface area contributed by atoms with Crippen molar-refractivity contribution in [1.29, 1.82) is 0 Å². The van der Waals surface area contributed by atoms with Crippen LogP contribution in [0.15, 0.2) is 48.7 Å². The quantitative estimate of drug-likeness (QED) is 0.534. The molecular weight excluding hydrogens is 446 g/mol. The van der Waals surface area contributed by atoms with Gasteiger partial charge in [0.2, 0.25) is 0 Å². The third kappa shape index (κ3) is 4.12. The van der Waals surface area contributed by atoms with Crippen LogP contribution in [0, 0.1) is 0 Å². The molecule has 2 aliphatic rings. The minimum Gasteiger partial charge on any atom is -0.493 e. The number of piperidine rings is 1. The molecule has 0 N–H and O–H groups in total. The summed E-state index contributed by atoms with van der Waals surface area (Å²) in [4.78, 5) is 15.2. The van der Waals surface area contributed by atoms with Gasteiger partial charge in [-0.1, -0.05) is 12.1 Å². The molecule has 5 rings (SSSR count). The molecule has 2 aliphatic heterocycles. The fourth-order valence-corrected chi connectivity index (χ4v) is 4.93. The third-order valence-electron chi connectivity index (χ3n) is 7.02. The van der Waals surface area contributed by atoms with Crippen LogP contribution >= 0.6 is 0 Å². The average Bonchev–Trinajstić information content (AvgIpc) is 3.30. The van der Waals surface area contributed by atoms with E-state index in [1.165, 1.54) is 0 Å². The molecule has 1 aromatic heterocycles. The number of ether oxygens (including phenoxy) is 4. The summed E-state index contributed by atoms with van der Waals surface area (Å²) in [7, 11) is 5.18. The molecule has 0 bridgehead atoms. The number of rotatable bonds is 6. The van der Waals surface area contributed by atoms with Crippen molar-refractivity contribution in [2.24, 2.45) is 7.05 Å². The van der Waals surface area contributed by atoms with Crippen LogP contribution in [0.25, 0.3) is 11.3 Å². The Morgan fingerprint density at radius 3 is 2.66 bits per heavy atom. The lowest BCUT2D eigenvalue weighted by atomic mass is 9.81. The maximum absolute atomic E-state index is 13.4. The van der Waals surface area contributed by atoms with Crippen LogP contribution in [-0.4, -0.2) is 60.6 Å². The van der Waals surface area contributed by atoms with Crippen molar-refractivity contribution < 1.29 is 23.7 Å². The van der Waals surface area contributed by atoms with Gasteiger partial charge in [-0.3, -0.25) is 9.48 Å². The average molecular weight is 478 g/mol. The topological polar surface area (TPSA) is 75.0 Å². The zero-order valence-corrected chi connectivity index (χ0v) is 20.6. The lowest BCUT2D eigenvalue weighted by Crippen LogP contribution is -2.49. The number of fused-ring (bicyclic) bond motifs is 4. The van der Waals surface area contributed by atoms with Crippen molar-refractivity contribution >= 4 is 5.91 Å². The SMILES string of the molecule is COc1cc(C(=O)N2CCC3(CC2)Oc2ccccc2-c2c3cnn2C)ccc1OC[C@@H](C)OC. The van der Waals surface area contributed by atoms with Gasteiger partial charge in [0, 0.05) is 56.8 Å². The number of carbonyl (C=O) groups excluding carboxylic acids is 1. The van der Waals surface area contributed by atoms with E-state index in [1.807, 2.05) is 47.9 Å². The smallest absolute Gasteiger partial charge is 0.253 e. The van der Waals surface area contributed by atoms with E-state index < -0.39 is 5.60 Å². The van der Waals surface area contributed by atoms with Gasteiger partial charge < -0.3 is 23.8 Å². The number of amides is 1. The van der Waals surface area contributed by atoms with Gasteiger partial charge in [0.15, 0.2) is 11.5 Å². The van der Waals surface area contributed by atoms with Gasteiger partial charge in [-0.15, -0.1) is 0 Å². The maximum atomic E-state index is 13.4. The van der Waals surface area contributed by atoms with E-state index >= 15 is 0 Å². The highest BCUT2D eigenvalue weighted by Crippen LogP contribution is 2.49. The highest BCUT2D eigenvalue weighted by Gasteiger charge is 2.45. The highest BCUT2D eigenvalue weighted by molar-refractivity contribution is 5.95. The minimum atomic E-state index is -0.484. The second-order valence-corrected chi connectivity index (χ2v) is 9.14. The van der Waals surface area contributed by atoms with Crippen LogP contribution in [0.2, 0.25) is 0 Å². The molecule has 3 heterocycles. The molecule has 8 nitrogen and oxygen atoms in total. The van der Waals surface area contributed by atoms with E-state index in [-0.39, 0.29) is 12.0 Å². The summed E-state index contributed by atoms with van der Waals surface area (Å²) in [6, 6.07) is 13.4. The van der Waals surface area contributed by atoms with Crippen molar-refractivity contribution in [3.8, 4) is 28.5 Å². The molecule has 8 heteroatoms. The van der Waals surface area contributed by atoms with Crippen molar-refractivity contribution in [2.75, 3.05) is 33.9 Å². The second-order valence-electron chi connectivity index (χ2n) is 9.14. The molecule has 1 atom stereocenters. The molecule has 1 saturated heterocycles. The standard InChI is InChI=1S/C27H31N3O5/c1-18(32-3)17-34-23-10-9-19(15-24(23)33-4)26(31)30-13-11-27(12-14-30)21-16-28-29(2)25(21)20-7-5-6-8-22(20)35-27/h5-10,15-16,18H,11-14,17H2,1-4H3/t18-/m1/s1. The molecule has 1 amide bonds. The molecule has 1 fully saturated rings. The number of nitrogens with zero attached hydrogens (tertiary/aromatic N) is 3. The molecule has 184 valence electrons. The van der Waals surface area contributed by atoms with E-state index in [0.717, 1.165) is 22.6 Å². The zero-order chi connectivity index (χ0) is 24.6. The number of benzene rings is 2. The van der Waals surface area contributed by atoms with Crippen LogP contribution in [-0.2, 0) is 17.4 Å². The first-order chi connectivity index (χ1) is 17.0. The summed E-state index contributed by atoms with van der Waals surface area (Å²) >= 11 is 0. The lowest BCUT2D eigenvalue weighted by molar-refractivity contribution is -0.00173. The Morgan fingerprint density at radius 1 is 1.14 bits per heavy atom. The monoisotopic (exact) mass is 477 g/mol. The van der Waals surface area contributed by atoms with Gasteiger partial charge in [0.25, 0.3) is 5.91 Å².